The second-order valence-electron chi connectivity index (χ2n) is 8.74. The number of hydrogen-bond acceptors (Lipinski definition) is 7. The zero-order valence-electron chi connectivity index (χ0n) is 19.1. The molecule has 2 unspecified atom stereocenters. The number of Topliss-reactive ketones (excluding diaryl/α,β-unsaturated/α-hetero) is 1. The summed E-state index contributed by atoms with van der Waals surface area (Å²) in [5.41, 5.74) is 0.224. The van der Waals surface area contributed by atoms with Crippen LogP contribution in [-0.4, -0.2) is 67.5 Å². The molecule has 0 radical (unpaired) electrons. The molecule has 1 amide bonds. The number of hydrogen-bond donors (Lipinski definition) is 1. The molecule has 7 nitrogen and oxygen atoms in total. The van der Waals surface area contributed by atoms with Gasteiger partial charge in [0.15, 0.2) is 10.1 Å². The molecule has 0 aliphatic carbocycles. The van der Waals surface area contributed by atoms with Crippen molar-refractivity contribution in [3.63, 3.8) is 0 Å². The number of thioether (sulfide) groups is 1. The molecule has 34 heavy (non-hydrogen) atoms. The van der Waals surface area contributed by atoms with E-state index in [-0.39, 0.29) is 12.2 Å². The Labute approximate surface area is 210 Å². The minimum atomic E-state index is -1.70. The van der Waals surface area contributed by atoms with Crippen molar-refractivity contribution >= 4 is 56.1 Å². The quantitative estimate of drug-likeness (QED) is 0.177. The van der Waals surface area contributed by atoms with Gasteiger partial charge in [0, 0.05) is 4.75 Å². The number of rotatable bonds is 8. The highest BCUT2D eigenvalue weighted by Crippen LogP contribution is 2.59. The molecule has 1 N–H and O–H groups in total. The van der Waals surface area contributed by atoms with Gasteiger partial charge in [-0.1, -0.05) is 58.9 Å². The van der Waals surface area contributed by atoms with Gasteiger partial charge in [-0.15, -0.1) is 11.8 Å². The fourth-order valence-corrected chi connectivity index (χ4v) is 7.17. The van der Waals surface area contributed by atoms with Crippen molar-refractivity contribution < 1.29 is 29.0 Å². The van der Waals surface area contributed by atoms with E-state index < -0.39 is 44.3 Å². The molecule has 2 saturated heterocycles. The standard InChI is InChI=1S/C25H26BrNO6S/c1-5-13-33-21(30)19-24(3,4)34-23-25(26,22(31)27(19)23)20(29)18(28)17-15-10-8-7-9-14(15)11-12-16(17)32-6-2/h5,7-12,19-20,23,29H,1,6,13H2,2-4H3/t19-,20?,23+,25?/m0/s1. The third kappa shape index (κ3) is 3.65. The van der Waals surface area contributed by atoms with E-state index in [1.165, 1.54) is 22.7 Å². The molecule has 0 bridgehead atoms. The topological polar surface area (TPSA) is 93.1 Å². The van der Waals surface area contributed by atoms with Crippen molar-refractivity contribution in [2.24, 2.45) is 0 Å². The van der Waals surface area contributed by atoms with Crippen LogP contribution in [0, 0.1) is 0 Å². The zero-order valence-corrected chi connectivity index (χ0v) is 21.5. The van der Waals surface area contributed by atoms with Gasteiger partial charge < -0.3 is 19.5 Å². The average Bonchev–Trinajstić information content (AvgIpc) is 3.10. The third-order valence-electron chi connectivity index (χ3n) is 6.18. The number of ketones is 1. The van der Waals surface area contributed by atoms with E-state index in [0.717, 1.165) is 5.39 Å². The number of β-lactam (4-membered cyclic amide) rings is 1. The fourth-order valence-electron chi connectivity index (χ4n) is 4.61. The number of alkyl halides is 1. The molecule has 0 spiro atoms. The Morgan fingerprint density at radius 3 is 2.68 bits per heavy atom. The molecule has 4 atom stereocenters. The van der Waals surface area contributed by atoms with Crippen molar-refractivity contribution in [3.05, 3.63) is 54.6 Å². The first-order chi connectivity index (χ1) is 16.1. The summed E-state index contributed by atoms with van der Waals surface area (Å²) in [4.78, 5) is 41.2. The number of halogens is 1. The summed E-state index contributed by atoms with van der Waals surface area (Å²) in [6, 6.07) is 10.0. The van der Waals surface area contributed by atoms with Crippen LogP contribution in [0.5, 0.6) is 5.75 Å². The molecule has 2 aromatic carbocycles. The third-order valence-corrected chi connectivity index (χ3v) is 9.34. The lowest BCUT2D eigenvalue weighted by Crippen LogP contribution is -2.75. The Morgan fingerprint density at radius 2 is 2.00 bits per heavy atom. The summed E-state index contributed by atoms with van der Waals surface area (Å²) in [5, 5.41) is 12.1. The minimum Gasteiger partial charge on any atom is -0.493 e. The van der Waals surface area contributed by atoms with Gasteiger partial charge in [-0.2, -0.15) is 0 Å². The van der Waals surface area contributed by atoms with E-state index in [1.807, 2.05) is 39.0 Å². The maximum Gasteiger partial charge on any atom is 0.330 e. The first-order valence-corrected chi connectivity index (χ1v) is 12.6. The van der Waals surface area contributed by atoms with Crippen molar-refractivity contribution in [1.29, 1.82) is 0 Å². The summed E-state index contributed by atoms with van der Waals surface area (Å²) in [5.74, 6) is -1.36. The first-order valence-electron chi connectivity index (χ1n) is 10.9. The summed E-state index contributed by atoms with van der Waals surface area (Å²) in [6.45, 7) is 9.39. The zero-order chi connectivity index (χ0) is 24.8. The van der Waals surface area contributed by atoms with Gasteiger partial charge in [0.25, 0.3) is 0 Å². The summed E-state index contributed by atoms with van der Waals surface area (Å²) < 4.78 is 8.65. The molecule has 0 saturated carbocycles. The number of aliphatic hydroxyl groups excluding tert-OH is 1. The maximum atomic E-state index is 13.7. The smallest absolute Gasteiger partial charge is 0.330 e. The molecule has 2 heterocycles. The lowest BCUT2D eigenvalue weighted by atomic mass is 9.83. The second-order valence-corrected chi connectivity index (χ2v) is 11.8. The Balaban J connectivity index is 1.70. The highest BCUT2D eigenvalue weighted by molar-refractivity contribution is 9.10. The summed E-state index contributed by atoms with van der Waals surface area (Å²) in [6.07, 6.45) is -0.239. The number of fused-ring (bicyclic) bond motifs is 2. The van der Waals surface area contributed by atoms with Crippen LogP contribution in [-0.2, 0) is 14.3 Å². The molecule has 2 aliphatic heterocycles. The van der Waals surface area contributed by atoms with E-state index in [4.69, 9.17) is 9.47 Å². The average molecular weight is 548 g/mol. The highest BCUT2D eigenvalue weighted by atomic mass is 79.9. The van der Waals surface area contributed by atoms with Crippen LogP contribution in [0.4, 0.5) is 0 Å². The number of esters is 1. The number of nitrogens with zero attached hydrogens (tertiary/aromatic N) is 1. The summed E-state index contributed by atoms with van der Waals surface area (Å²) >= 11 is 4.77. The molecule has 0 aromatic heterocycles. The Bertz CT molecular complexity index is 1180. The molecule has 4 rings (SSSR count). The Morgan fingerprint density at radius 1 is 1.29 bits per heavy atom. The van der Waals surface area contributed by atoms with Crippen molar-refractivity contribution in [1.82, 2.24) is 4.90 Å². The number of carbonyl (C=O) groups excluding carboxylic acids is 3. The molecule has 9 heteroatoms. The van der Waals surface area contributed by atoms with E-state index in [0.29, 0.717) is 17.7 Å². The van der Waals surface area contributed by atoms with Crippen LogP contribution in [0.1, 0.15) is 31.1 Å². The van der Waals surface area contributed by atoms with Crippen LogP contribution in [0.15, 0.2) is 49.1 Å². The fraction of sp³-hybridized carbons (Fsp3) is 0.400. The molecule has 2 aromatic rings. The number of aliphatic hydroxyl groups is 1. The maximum absolute atomic E-state index is 13.7. The normalized spacial score (nSPS) is 25.9. The molecule has 180 valence electrons. The predicted octanol–water partition coefficient (Wildman–Crippen LogP) is 3.71. The number of ether oxygens (including phenoxy) is 2. The number of amides is 1. The largest absolute Gasteiger partial charge is 0.493 e. The molecule has 2 fully saturated rings. The monoisotopic (exact) mass is 547 g/mol. The SMILES string of the molecule is C=CCOC(=O)[C@@H]1N2C(=O)C(Br)(C(O)C(=O)c3c(OCC)ccc4ccccc34)[C@H]2SC1(C)C. The van der Waals surface area contributed by atoms with Gasteiger partial charge in [0.05, 0.1) is 12.2 Å². The predicted molar refractivity (Wildman–Crippen MR) is 134 cm³/mol. The van der Waals surface area contributed by atoms with Crippen LogP contribution < -0.4 is 4.74 Å². The van der Waals surface area contributed by atoms with E-state index in [1.54, 1.807) is 18.2 Å². The lowest BCUT2D eigenvalue weighted by Gasteiger charge is -2.51. The van der Waals surface area contributed by atoms with Crippen LogP contribution in [0.2, 0.25) is 0 Å². The molecule has 2 aliphatic rings. The van der Waals surface area contributed by atoms with E-state index in [9.17, 15) is 19.5 Å². The van der Waals surface area contributed by atoms with Gasteiger partial charge in [0.2, 0.25) is 5.91 Å². The summed E-state index contributed by atoms with van der Waals surface area (Å²) in [7, 11) is 0. The van der Waals surface area contributed by atoms with Gasteiger partial charge in [-0.05, 0) is 37.6 Å². The second kappa shape index (κ2) is 9.02. The van der Waals surface area contributed by atoms with Crippen LogP contribution in [0.25, 0.3) is 10.8 Å². The first kappa shape index (κ1) is 24.8. The van der Waals surface area contributed by atoms with Gasteiger partial charge in [-0.25, -0.2) is 4.79 Å². The minimum absolute atomic E-state index is 0.0324. The number of benzene rings is 2. The number of carbonyl (C=O) groups is 3. The lowest BCUT2D eigenvalue weighted by molar-refractivity contribution is -0.166. The molecular formula is C25H26BrNO6S. The Kier molecular flexibility index (Phi) is 6.56. The van der Waals surface area contributed by atoms with Crippen molar-refractivity contribution in [2.75, 3.05) is 13.2 Å². The Hall–Kier alpha value is -2.36. The van der Waals surface area contributed by atoms with E-state index in [2.05, 4.69) is 22.5 Å². The van der Waals surface area contributed by atoms with Crippen molar-refractivity contribution in [3.8, 4) is 5.75 Å². The van der Waals surface area contributed by atoms with Gasteiger partial charge in [0.1, 0.15) is 29.9 Å². The van der Waals surface area contributed by atoms with Crippen LogP contribution in [0.3, 0.4) is 0 Å². The van der Waals surface area contributed by atoms with Crippen molar-refractivity contribution in [2.45, 2.75) is 47.4 Å². The van der Waals surface area contributed by atoms with Gasteiger partial charge >= 0.3 is 5.97 Å². The van der Waals surface area contributed by atoms with Crippen LogP contribution >= 0.6 is 27.7 Å². The molecular weight excluding hydrogens is 522 g/mol. The highest BCUT2D eigenvalue weighted by Gasteiger charge is 2.74. The van der Waals surface area contributed by atoms with Gasteiger partial charge in [-0.3, -0.25) is 9.59 Å². The van der Waals surface area contributed by atoms with E-state index >= 15 is 0 Å².